The molecule has 0 aliphatic carbocycles. The Labute approximate surface area is 165 Å². The fourth-order valence-electron chi connectivity index (χ4n) is 3.90. The average molecular weight is 359 g/mol. The summed E-state index contributed by atoms with van der Waals surface area (Å²) in [7, 11) is 2.14. The second-order valence-electron chi connectivity index (χ2n) is 7.17. The summed E-state index contributed by atoms with van der Waals surface area (Å²) >= 11 is 0. The van der Waals surface area contributed by atoms with E-state index in [9.17, 15) is 0 Å². The van der Waals surface area contributed by atoms with Crippen molar-refractivity contribution >= 4 is 32.9 Å². The maximum absolute atomic E-state index is 2.28. The highest BCUT2D eigenvalue weighted by Crippen LogP contribution is 2.35. The van der Waals surface area contributed by atoms with Crippen molar-refractivity contribution in [1.29, 1.82) is 0 Å². The van der Waals surface area contributed by atoms with Crippen molar-refractivity contribution in [3.8, 4) is 11.1 Å². The van der Waals surface area contributed by atoms with Crippen LogP contribution in [0.2, 0.25) is 0 Å². The smallest absolute Gasteiger partial charge is 0.0487 e. The van der Waals surface area contributed by atoms with Crippen molar-refractivity contribution in [3.05, 3.63) is 109 Å². The first-order chi connectivity index (χ1) is 13.8. The minimum absolute atomic E-state index is 1.19. The summed E-state index contributed by atoms with van der Waals surface area (Å²) in [5, 5.41) is 5.09. The maximum Gasteiger partial charge on any atom is 0.0487 e. The van der Waals surface area contributed by atoms with Crippen molar-refractivity contribution < 1.29 is 0 Å². The molecule has 0 saturated heterocycles. The van der Waals surface area contributed by atoms with Gasteiger partial charge in [0, 0.05) is 24.0 Å². The molecule has 0 aliphatic heterocycles. The molecule has 5 rings (SSSR count). The molecule has 0 saturated carbocycles. The maximum atomic E-state index is 2.28. The van der Waals surface area contributed by atoms with Crippen molar-refractivity contribution in [2.75, 3.05) is 11.9 Å². The second-order valence-corrected chi connectivity index (χ2v) is 7.17. The summed E-state index contributed by atoms with van der Waals surface area (Å²) in [6.45, 7) is 0. The number of rotatable bonds is 3. The minimum atomic E-state index is 1.19. The van der Waals surface area contributed by atoms with Gasteiger partial charge in [-0.3, -0.25) is 0 Å². The Bertz CT molecular complexity index is 1270. The molecule has 1 heteroatoms. The van der Waals surface area contributed by atoms with E-state index in [4.69, 9.17) is 0 Å². The van der Waals surface area contributed by atoms with Gasteiger partial charge in [-0.2, -0.15) is 0 Å². The fourth-order valence-corrected chi connectivity index (χ4v) is 3.90. The summed E-state index contributed by atoms with van der Waals surface area (Å²) in [5.74, 6) is 0. The zero-order valence-electron chi connectivity index (χ0n) is 15.8. The molecular formula is C27H21N. The molecule has 0 atom stereocenters. The van der Waals surface area contributed by atoms with Crippen LogP contribution in [0.3, 0.4) is 0 Å². The number of para-hydroxylation sites is 1. The number of nitrogens with zero attached hydrogens (tertiary/aromatic N) is 1. The minimum Gasteiger partial charge on any atom is -0.344 e. The van der Waals surface area contributed by atoms with Crippen LogP contribution in [-0.4, -0.2) is 7.05 Å². The SMILES string of the molecule is CN(c1ccc2cc3ccccc3cc2c1)c1ccccc1-c1ccccc1. The third kappa shape index (κ3) is 2.91. The summed E-state index contributed by atoms with van der Waals surface area (Å²) in [6, 6.07) is 39.0. The predicted octanol–water partition coefficient (Wildman–Crippen LogP) is 7.43. The van der Waals surface area contributed by atoms with E-state index < -0.39 is 0 Å². The van der Waals surface area contributed by atoms with Crippen LogP contribution in [0.1, 0.15) is 0 Å². The average Bonchev–Trinajstić information content (AvgIpc) is 2.77. The second kappa shape index (κ2) is 6.86. The van der Waals surface area contributed by atoms with Gasteiger partial charge in [-0.1, -0.05) is 78.9 Å². The molecule has 0 fully saturated rings. The highest BCUT2D eigenvalue weighted by molar-refractivity contribution is 5.99. The van der Waals surface area contributed by atoms with Crippen LogP contribution >= 0.6 is 0 Å². The van der Waals surface area contributed by atoms with Gasteiger partial charge in [0.25, 0.3) is 0 Å². The Morgan fingerprint density at radius 3 is 1.89 bits per heavy atom. The van der Waals surface area contributed by atoms with Gasteiger partial charge < -0.3 is 4.90 Å². The van der Waals surface area contributed by atoms with Gasteiger partial charge in [0.05, 0.1) is 0 Å². The van der Waals surface area contributed by atoms with Gasteiger partial charge in [-0.05, 0) is 57.4 Å². The molecule has 5 aromatic carbocycles. The third-order valence-electron chi connectivity index (χ3n) is 5.43. The van der Waals surface area contributed by atoms with E-state index in [0.717, 1.165) is 0 Å². The number of hydrogen-bond donors (Lipinski definition) is 0. The predicted molar refractivity (Wildman–Crippen MR) is 121 cm³/mol. The van der Waals surface area contributed by atoms with E-state index in [1.165, 1.54) is 44.0 Å². The molecule has 0 heterocycles. The molecule has 5 aromatic rings. The monoisotopic (exact) mass is 359 g/mol. The lowest BCUT2D eigenvalue weighted by Gasteiger charge is -2.23. The summed E-state index contributed by atoms with van der Waals surface area (Å²) in [4.78, 5) is 2.27. The quantitative estimate of drug-likeness (QED) is 0.303. The van der Waals surface area contributed by atoms with Gasteiger partial charge in [0.1, 0.15) is 0 Å². The van der Waals surface area contributed by atoms with E-state index in [2.05, 4.69) is 121 Å². The number of anilines is 2. The van der Waals surface area contributed by atoms with Crippen LogP contribution in [0.25, 0.3) is 32.7 Å². The summed E-state index contributed by atoms with van der Waals surface area (Å²) in [6.07, 6.45) is 0. The molecule has 0 aliphatic rings. The first-order valence-corrected chi connectivity index (χ1v) is 9.60. The van der Waals surface area contributed by atoms with Crippen LogP contribution in [0.4, 0.5) is 11.4 Å². The molecular weight excluding hydrogens is 338 g/mol. The van der Waals surface area contributed by atoms with Crippen LogP contribution < -0.4 is 4.90 Å². The molecule has 0 bridgehead atoms. The van der Waals surface area contributed by atoms with Gasteiger partial charge >= 0.3 is 0 Å². The molecule has 0 radical (unpaired) electrons. The first-order valence-electron chi connectivity index (χ1n) is 9.60. The largest absolute Gasteiger partial charge is 0.344 e. The van der Waals surface area contributed by atoms with E-state index in [1.54, 1.807) is 0 Å². The van der Waals surface area contributed by atoms with E-state index in [-0.39, 0.29) is 0 Å². The normalized spacial score (nSPS) is 11.0. The van der Waals surface area contributed by atoms with Crippen molar-refractivity contribution in [2.45, 2.75) is 0 Å². The number of fused-ring (bicyclic) bond motifs is 2. The molecule has 28 heavy (non-hydrogen) atoms. The van der Waals surface area contributed by atoms with Crippen molar-refractivity contribution in [1.82, 2.24) is 0 Å². The van der Waals surface area contributed by atoms with Crippen LogP contribution in [0.5, 0.6) is 0 Å². The fraction of sp³-hybridized carbons (Fsp3) is 0.0370. The van der Waals surface area contributed by atoms with E-state index in [0.29, 0.717) is 0 Å². The van der Waals surface area contributed by atoms with Gasteiger partial charge in [-0.25, -0.2) is 0 Å². The zero-order chi connectivity index (χ0) is 18.9. The molecule has 0 spiro atoms. The molecule has 134 valence electrons. The summed E-state index contributed by atoms with van der Waals surface area (Å²) in [5.41, 5.74) is 4.86. The van der Waals surface area contributed by atoms with Crippen LogP contribution in [0.15, 0.2) is 109 Å². The van der Waals surface area contributed by atoms with E-state index >= 15 is 0 Å². The van der Waals surface area contributed by atoms with Gasteiger partial charge in [0.2, 0.25) is 0 Å². The highest BCUT2D eigenvalue weighted by Gasteiger charge is 2.11. The summed E-state index contributed by atoms with van der Waals surface area (Å²) < 4.78 is 0. The number of hydrogen-bond acceptors (Lipinski definition) is 1. The van der Waals surface area contributed by atoms with Crippen LogP contribution in [-0.2, 0) is 0 Å². The topological polar surface area (TPSA) is 3.24 Å². The zero-order valence-corrected chi connectivity index (χ0v) is 15.8. The molecule has 0 unspecified atom stereocenters. The van der Waals surface area contributed by atoms with E-state index in [1.807, 2.05) is 0 Å². The van der Waals surface area contributed by atoms with Gasteiger partial charge in [-0.15, -0.1) is 0 Å². The Balaban J connectivity index is 1.62. The standard InChI is InChI=1S/C27H21N/c1-28(27-14-8-7-13-26(27)20-9-3-2-4-10-20)25-16-15-23-17-21-11-5-6-12-22(21)18-24(23)19-25/h2-19H,1H3. The van der Waals surface area contributed by atoms with Gasteiger partial charge in [0.15, 0.2) is 0 Å². The lowest BCUT2D eigenvalue weighted by Crippen LogP contribution is -2.10. The molecule has 0 aromatic heterocycles. The molecule has 1 nitrogen and oxygen atoms in total. The Morgan fingerprint density at radius 1 is 0.500 bits per heavy atom. The highest BCUT2D eigenvalue weighted by atomic mass is 15.1. The lowest BCUT2D eigenvalue weighted by molar-refractivity contribution is 1.21. The number of benzene rings is 5. The molecule has 0 N–H and O–H groups in total. The van der Waals surface area contributed by atoms with Crippen molar-refractivity contribution in [2.24, 2.45) is 0 Å². The Kier molecular flexibility index (Phi) is 4.06. The Morgan fingerprint density at radius 2 is 1.11 bits per heavy atom. The van der Waals surface area contributed by atoms with Crippen LogP contribution in [0, 0.1) is 0 Å². The van der Waals surface area contributed by atoms with Crippen molar-refractivity contribution in [3.63, 3.8) is 0 Å². The first kappa shape index (κ1) is 16.6. The lowest BCUT2D eigenvalue weighted by atomic mass is 10.0. The molecule has 0 amide bonds. The third-order valence-corrected chi connectivity index (χ3v) is 5.43. The Hall–Kier alpha value is -3.58.